The Morgan fingerprint density at radius 3 is 2.60 bits per heavy atom. The number of rotatable bonds is 4. The number of halogens is 1. The molecule has 2 aromatic rings. The first-order valence-corrected chi connectivity index (χ1v) is 6.98. The van der Waals surface area contributed by atoms with Gasteiger partial charge in [0.15, 0.2) is 0 Å². The summed E-state index contributed by atoms with van der Waals surface area (Å²) in [6.07, 6.45) is 0.912. The number of benzene rings is 1. The number of hydrogen-bond donors (Lipinski definition) is 2. The van der Waals surface area contributed by atoms with Gasteiger partial charge >= 0.3 is 0 Å². The molecule has 0 aliphatic carbocycles. The molecule has 1 heterocycles. The molecule has 0 spiro atoms. The summed E-state index contributed by atoms with van der Waals surface area (Å²) in [4.78, 5) is 3.51. The Hall–Kier alpha value is -2.35. The molecule has 8 heteroatoms. The third-order valence-electron chi connectivity index (χ3n) is 2.47. The zero-order valence-electron chi connectivity index (χ0n) is 10.5. The quantitative estimate of drug-likeness (QED) is 0.836. The molecule has 0 saturated heterocycles. The maximum Gasteiger partial charge on any atom is 0.265 e. The van der Waals surface area contributed by atoms with Crippen molar-refractivity contribution in [2.45, 2.75) is 4.90 Å². The lowest BCUT2D eigenvalue weighted by Crippen LogP contribution is -2.15. The van der Waals surface area contributed by atoms with E-state index in [-0.39, 0.29) is 16.4 Å². The van der Waals surface area contributed by atoms with Crippen LogP contribution >= 0.6 is 0 Å². The second-order valence-corrected chi connectivity index (χ2v) is 5.52. The predicted molar refractivity (Wildman–Crippen MR) is 72.4 cm³/mol. The largest absolute Gasteiger partial charge is 0.497 e. The summed E-state index contributed by atoms with van der Waals surface area (Å²) in [5, 5.41) is 0. The van der Waals surface area contributed by atoms with Crippen LogP contribution in [0, 0.1) is 5.82 Å². The van der Waals surface area contributed by atoms with Gasteiger partial charge in [0.1, 0.15) is 22.3 Å². The number of nitrogens with two attached hydrogens (primary N) is 1. The van der Waals surface area contributed by atoms with Gasteiger partial charge in [0.2, 0.25) is 0 Å². The number of hydrogen-bond acceptors (Lipinski definition) is 5. The molecule has 0 fully saturated rings. The molecule has 0 amide bonds. The molecular weight excluding hydrogens is 285 g/mol. The van der Waals surface area contributed by atoms with Gasteiger partial charge in [0.05, 0.1) is 19.0 Å². The number of pyridine rings is 1. The molecule has 0 aliphatic rings. The maximum absolute atomic E-state index is 12.7. The predicted octanol–water partition coefficient (Wildman–Crippen LogP) is 1.61. The van der Waals surface area contributed by atoms with E-state index < -0.39 is 15.8 Å². The first-order chi connectivity index (χ1) is 9.42. The fourth-order valence-corrected chi connectivity index (χ4v) is 2.65. The second kappa shape index (κ2) is 5.33. The van der Waals surface area contributed by atoms with Crippen LogP contribution < -0.4 is 15.2 Å². The molecule has 0 unspecified atom stereocenters. The van der Waals surface area contributed by atoms with Gasteiger partial charge in [0, 0.05) is 6.07 Å². The van der Waals surface area contributed by atoms with Crippen molar-refractivity contribution in [2.75, 3.05) is 17.6 Å². The van der Waals surface area contributed by atoms with Gasteiger partial charge in [-0.25, -0.2) is 17.8 Å². The van der Waals surface area contributed by atoms with Crippen molar-refractivity contribution in [3.8, 4) is 5.75 Å². The van der Waals surface area contributed by atoms with Gasteiger partial charge in [0.25, 0.3) is 10.0 Å². The number of nitrogens with one attached hydrogen (secondary N) is 1. The van der Waals surface area contributed by atoms with E-state index in [4.69, 9.17) is 10.5 Å². The number of ether oxygens (including phenoxy) is 1. The Morgan fingerprint density at radius 1 is 1.30 bits per heavy atom. The van der Waals surface area contributed by atoms with Crippen molar-refractivity contribution in [1.82, 2.24) is 4.98 Å². The Balaban J connectivity index is 2.33. The smallest absolute Gasteiger partial charge is 0.265 e. The molecule has 2 rings (SSSR count). The minimum atomic E-state index is -3.90. The van der Waals surface area contributed by atoms with E-state index in [1.165, 1.54) is 31.4 Å². The minimum absolute atomic E-state index is 0.00150. The highest BCUT2D eigenvalue weighted by Crippen LogP contribution is 2.25. The monoisotopic (exact) mass is 297 g/mol. The van der Waals surface area contributed by atoms with Gasteiger partial charge in [-0.3, -0.25) is 4.72 Å². The van der Waals surface area contributed by atoms with Crippen molar-refractivity contribution < 1.29 is 17.5 Å². The van der Waals surface area contributed by atoms with Crippen LogP contribution in [-0.4, -0.2) is 20.5 Å². The normalized spacial score (nSPS) is 11.1. The summed E-state index contributed by atoms with van der Waals surface area (Å²) in [5.41, 5.74) is 5.72. The third-order valence-corrected chi connectivity index (χ3v) is 3.90. The molecule has 6 nitrogen and oxygen atoms in total. The van der Waals surface area contributed by atoms with Crippen LogP contribution in [0.25, 0.3) is 0 Å². The zero-order chi connectivity index (χ0) is 14.8. The highest BCUT2D eigenvalue weighted by atomic mass is 32.2. The van der Waals surface area contributed by atoms with E-state index in [0.717, 1.165) is 12.3 Å². The van der Waals surface area contributed by atoms with Gasteiger partial charge < -0.3 is 10.5 Å². The Bertz CT molecular complexity index is 717. The molecule has 3 N–H and O–H groups in total. The van der Waals surface area contributed by atoms with Crippen LogP contribution in [0.15, 0.2) is 41.4 Å². The number of methoxy groups -OCH3 is 1. The minimum Gasteiger partial charge on any atom is -0.497 e. The van der Waals surface area contributed by atoms with E-state index in [0.29, 0.717) is 5.75 Å². The number of anilines is 2. The first-order valence-electron chi connectivity index (χ1n) is 5.50. The van der Waals surface area contributed by atoms with Gasteiger partial charge in [-0.05, 0) is 24.3 Å². The number of sulfonamides is 1. The van der Waals surface area contributed by atoms with Crippen molar-refractivity contribution in [1.29, 1.82) is 0 Å². The van der Waals surface area contributed by atoms with Crippen LogP contribution in [0.2, 0.25) is 0 Å². The van der Waals surface area contributed by atoms with Crippen LogP contribution in [0.4, 0.5) is 15.9 Å². The number of nitrogen functional groups attached to an aromatic ring is 1. The zero-order valence-corrected chi connectivity index (χ0v) is 11.3. The van der Waals surface area contributed by atoms with Crippen molar-refractivity contribution in [2.24, 2.45) is 0 Å². The van der Waals surface area contributed by atoms with Crippen molar-refractivity contribution >= 4 is 21.5 Å². The van der Waals surface area contributed by atoms with Gasteiger partial charge in [-0.2, -0.15) is 0 Å². The van der Waals surface area contributed by atoms with Crippen molar-refractivity contribution in [3.05, 3.63) is 42.3 Å². The molecule has 0 bridgehead atoms. The highest BCUT2D eigenvalue weighted by Gasteiger charge is 2.18. The molecule has 106 valence electrons. The summed E-state index contributed by atoms with van der Waals surface area (Å²) in [7, 11) is -2.45. The standard InChI is InChI=1S/C12H12FN3O3S/c1-19-9-3-4-11(10(14)6-9)20(17,18)16-12-5-2-8(13)7-15-12/h2-7H,14H2,1H3,(H,15,16). The third kappa shape index (κ3) is 2.97. The molecule has 0 atom stereocenters. The number of aromatic nitrogens is 1. The Morgan fingerprint density at radius 2 is 2.05 bits per heavy atom. The molecular formula is C12H12FN3O3S. The molecule has 1 aromatic carbocycles. The topological polar surface area (TPSA) is 94.3 Å². The van der Waals surface area contributed by atoms with E-state index in [1.807, 2.05) is 0 Å². The molecule has 1 aromatic heterocycles. The highest BCUT2D eigenvalue weighted by molar-refractivity contribution is 7.92. The summed E-state index contributed by atoms with van der Waals surface area (Å²) >= 11 is 0. The Kier molecular flexibility index (Phi) is 3.75. The van der Waals surface area contributed by atoms with Crippen LogP contribution in [0.3, 0.4) is 0 Å². The molecule has 0 aliphatic heterocycles. The lowest BCUT2D eigenvalue weighted by atomic mass is 10.3. The van der Waals surface area contributed by atoms with Gasteiger partial charge in [-0.15, -0.1) is 0 Å². The van der Waals surface area contributed by atoms with Gasteiger partial charge in [-0.1, -0.05) is 0 Å². The van der Waals surface area contributed by atoms with Crippen LogP contribution in [-0.2, 0) is 10.0 Å². The SMILES string of the molecule is COc1ccc(S(=O)(=O)Nc2ccc(F)cn2)c(N)c1. The lowest BCUT2D eigenvalue weighted by Gasteiger charge is -2.10. The summed E-state index contributed by atoms with van der Waals surface area (Å²) < 4.78 is 44.2. The lowest BCUT2D eigenvalue weighted by molar-refractivity contribution is 0.414. The van der Waals surface area contributed by atoms with E-state index in [9.17, 15) is 12.8 Å². The van der Waals surface area contributed by atoms with E-state index in [1.54, 1.807) is 0 Å². The van der Waals surface area contributed by atoms with E-state index in [2.05, 4.69) is 9.71 Å². The second-order valence-electron chi connectivity index (χ2n) is 3.87. The molecule has 0 radical (unpaired) electrons. The molecule has 20 heavy (non-hydrogen) atoms. The summed E-state index contributed by atoms with van der Waals surface area (Å²) in [6, 6.07) is 6.50. The average molecular weight is 297 g/mol. The fraction of sp³-hybridized carbons (Fsp3) is 0.0833. The van der Waals surface area contributed by atoms with Crippen LogP contribution in [0.1, 0.15) is 0 Å². The molecule has 0 saturated carbocycles. The van der Waals surface area contributed by atoms with E-state index >= 15 is 0 Å². The Labute approximate surface area is 115 Å². The number of nitrogens with zero attached hydrogens (tertiary/aromatic N) is 1. The summed E-state index contributed by atoms with van der Waals surface area (Å²) in [6.45, 7) is 0. The van der Waals surface area contributed by atoms with Crippen LogP contribution in [0.5, 0.6) is 5.75 Å². The maximum atomic E-state index is 12.7. The fourth-order valence-electron chi connectivity index (χ4n) is 1.53. The first kappa shape index (κ1) is 14.1. The average Bonchev–Trinajstić information content (AvgIpc) is 2.40. The summed E-state index contributed by atoms with van der Waals surface area (Å²) in [5.74, 6) is -0.111. The van der Waals surface area contributed by atoms with Crippen molar-refractivity contribution in [3.63, 3.8) is 0 Å².